The standard InChI is InChI=1S/C19H25N3O2/c1-12(2)18(20-15(5)23)19(24)21-16-8-10-17(11-9-16)22-13(3)6-7-14(22)4/h6-12,18H,1-5H3,(H,20,23)(H,21,24)/t18-/m1/s1. The van der Waals surface area contributed by atoms with Crippen molar-refractivity contribution in [3.63, 3.8) is 0 Å². The molecule has 2 aromatic rings. The molecular formula is C19H25N3O2. The second kappa shape index (κ2) is 7.34. The Labute approximate surface area is 143 Å². The van der Waals surface area contributed by atoms with Crippen LogP contribution >= 0.6 is 0 Å². The summed E-state index contributed by atoms with van der Waals surface area (Å²) in [6, 6.07) is 11.3. The molecule has 1 aromatic heterocycles. The van der Waals surface area contributed by atoms with Crippen LogP contribution in [0.2, 0.25) is 0 Å². The van der Waals surface area contributed by atoms with Crippen molar-refractivity contribution >= 4 is 17.5 Å². The Morgan fingerprint density at radius 1 is 0.958 bits per heavy atom. The number of rotatable bonds is 5. The third-order valence-electron chi connectivity index (χ3n) is 3.97. The molecule has 0 aliphatic rings. The summed E-state index contributed by atoms with van der Waals surface area (Å²) in [5, 5.41) is 5.56. The van der Waals surface area contributed by atoms with Gasteiger partial charge in [-0.05, 0) is 56.2 Å². The fraction of sp³-hybridized carbons (Fsp3) is 0.368. The maximum atomic E-state index is 12.4. The number of benzene rings is 1. The largest absolute Gasteiger partial charge is 0.344 e. The van der Waals surface area contributed by atoms with E-state index in [-0.39, 0.29) is 17.7 Å². The van der Waals surface area contributed by atoms with Gasteiger partial charge in [0.25, 0.3) is 0 Å². The zero-order valence-electron chi connectivity index (χ0n) is 14.9. The highest BCUT2D eigenvalue weighted by atomic mass is 16.2. The van der Waals surface area contributed by atoms with Gasteiger partial charge < -0.3 is 15.2 Å². The van der Waals surface area contributed by atoms with Crippen molar-refractivity contribution in [2.75, 3.05) is 5.32 Å². The predicted octanol–water partition coefficient (Wildman–Crippen LogP) is 3.19. The van der Waals surface area contributed by atoms with Crippen LogP contribution in [0.25, 0.3) is 5.69 Å². The van der Waals surface area contributed by atoms with Crippen LogP contribution < -0.4 is 10.6 Å². The summed E-state index contributed by atoms with van der Waals surface area (Å²) >= 11 is 0. The molecule has 1 atom stereocenters. The molecular weight excluding hydrogens is 302 g/mol. The zero-order valence-corrected chi connectivity index (χ0v) is 14.9. The summed E-state index contributed by atoms with van der Waals surface area (Å²) in [6.07, 6.45) is 0. The van der Waals surface area contributed by atoms with E-state index < -0.39 is 6.04 Å². The van der Waals surface area contributed by atoms with Gasteiger partial charge in [-0.15, -0.1) is 0 Å². The average molecular weight is 327 g/mol. The Bertz CT molecular complexity index is 710. The molecule has 0 unspecified atom stereocenters. The fourth-order valence-corrected chi connectivity index (χ4v) is 2.74. The van der Waals surface area contributed by atoms with Crippen LogP contribution in [0, 0.1) is 19.8 Å². The number of hydrogen-bond donors (Lipinski definition) is 2. The minimum atomic E-state index is -0.545. The van der Waals surface area contributed by atoms with Gasteiger partial charge in [-0.2, -0.15) is 0 Å². The van der Waals surface area contributed by atoms with E-state index in [0.29, 0.717) is 5.69 Å². The van der Waals surface area contributed by atoms with Crippen LogP contribution in [0.4, 0.5) is 5.69 Å². The topological polar surface area (TPSA) is 63.1 Å². The molecule has 0 aliphatic carbocycles. The minimum Gasteiger partial charge on any atom is -0.344 e. The van der Waals surface area contributed by atoms with E-state index in [1.807, 2.05) is 38.1 Å². The van der Waals surface area contributed by atoms with Gasteiger partial charge >= 0.3 is 0 Å². The van der Waals surface area contributed by atoms with Gasteiger partial charge in [0.05, 0.1) is 0 Å². The highest BCUT2D eigenvalue weighted by Crippen LogP contribution is 2.19. The van der Waals surface area contributed by atoms with E-state index in [2.05, 4.69) is 41.2 Å². The number of amides is 2. The van der Waals surface area contributed by atoms with Gasteiger partial charge in [-0.3, -0.25) is 9.59 Å². The first-order valence-electron chi connectivity index (χ1n) is 8.13. The molecule has 5 heteroatoms. The van der Waals surface area contributed by atoms with E-state index in [1.54, 1.807) is 0 Å². The van der Waals surface area contributed by atoms with Crippen LogP contribution in [-0.2, 0) is 9.59 Å². The highest BCUT2D eigenvalue weighted by molar-refractivity contribution is 5.97. The first-order chi connectivity index (χ1) is 11.3. The second-order valence-electron chi connectivity index (χ2n) is 6.41. The molecule has 24 heavy (non-hydrogen) atoms. The van der Waals surface area contributed by atoms with Crippen molar-refractivity contribution in [1.82, 2.24) is 9.88 Å². The molecule has 2 rings (SSSR count). The first kappa shape index (κ1) is 17.8. The molecule has 0 saturated carbocycles. The summed E-state index contributed by atoms with van der Waals surface area (Å²) in [7, 11) is 0. The fourth-order valence-electron chi connectivity index (χ4n) is 2.74. The molecule has 0 saturated heterocycles. The number of aryl methyl sites for hydroxylation is 2. The maximum Gasteiger partial charge on any atom is 0.247 e. The zero-order chi connectivity index (χ0) is 17.9. The molecule has 0 spiro atoms. The summed E-state index contributed by atoms with van der Waals surface area (Å²) in [5.74, 6) is -0.405. The summed E-state index contributed by atoms with van der Waals surface area (Å²) in [5.41, 5.74) is 4.09. The molecule has 0 radical (unpaired) electrons. The second-order valence-corrected chi connectivity index (χ2v) is 6.41. The Kier molecular flexibility index (Phi) is 5.44. The van der Waals surface area contributed by atoms with E-state index in [1.165, 1.54) is 6.92 Å². The lowest BCUT2D eigenvalue weighted by molar-refractivity contribution is -0.126. The van der Waals surface area contributed by atoms with Gasteiger partial charge in [0, 0.05) is 29.7 Å². The molecule has 5 nitrogen and oxygen atoms in total. The first-order valence-corrected chi connectivity index (χ1v) is 8.13. The number of hydrogen-bond acceptors (Lipinski definition) is 2. The molecule has 2 N–H and O–H groups in total. The third-order valence-corrected chi connectivity index (χ3v) is 3.97. The molecule has 0 aliphatic heterocycles. The van der Waals surface area contributed by atoms with E-state index in [0.717, 1.165) is 17.1 Å². The minimum absolute atomic E-state index is 0.0124. The van der Waals surface area contributed by atoms with Crippen molar-refractivity contribution in [2.45, 2.75) is 40.7 Å². The Hall–Kier alpha value is -2.56. The van der Waals surface area contributed by atoms with E-state index in [4.69, 9.17) is 0 Å². The summed E-state index contributed by atoms with van der Waals surface area (Å²) < 4.78 is 2.15. The quantitative estimate of drug-likeness (QED) is 0.886. The Balaban J connectivity index is 2.14. The van der Waals surface area contributed by atoms with Crippen molar-refractivity contribution in [2.24, 2.45) is 5.92 Å². The lowest BCUT2D eigenvalue weighted by Gasteiger charge is -2.21. The third kappa shape index (κ3) is 4.04. The van der Waals surface area contributed by atoms with Crippen molar-refractivity contribution in [3.8, 4) is 5.69 Å². The summed E-state index contributed by atoms with van der Waals surface area (Å²) in [4.78, 5) is 23.6. The lowest BCUT2D eigenvalue weighted by Crippen LogP contribution is -2.46. The van der Waals surface area contributed by atoms with Crippen molar-refractivity contribution < 1.29 is 9.59 Å². The van der Waals surface area contributed by atoms with Crippen molar-refractivity contribution in [3.05, 3.63) is 47.8 Å². The predicted molar refractivity (Wildman–Crippen MR) is 96.3 cm³/mol. The van der Waals surface area contributed by atoms with Crippen LogP contribution in [0.3, 0.4) is 0 Å². The van der Waals surface area contributed by atoms with Crippen molar-refractivity contribution in [1.29, 1.82) is 0 Å². The van der Waals surface area contributed by atoms with E-state index in [9.17, 15) is 9.59 Å². The number of carbonyl (C=O) groups is 2. The Morgan fingerprint density at radius 2 is 1.50 bits per heavy atom. The number of anilines is 1. The molecule has 128 valence electrons. The van der Waals surface area contributed by atoms with Gasteiger partial charge in [0.15, 0.2) is 0 Å². The van der Waals surface area contributed by atoms with Gasteiger partial charge in [0.2, 0.25) is 11.8 Å². The smallest absolute Gasteiger partial charge is 0.247 e. The van der Waals surface area contributed by atoms with Crippen LogP contribution in [0.5, 0.6) is 0 Å². The van der Waals surface area contributed by atoms with Gasteiger partial charge in [0.1, 0.15) is 6.04 Å². The lowest BCUT2D eigenvalue weighted by atomic mass is 10.0. The van der Waals surface area contributed by atoms with Gasteiger partial charge in [-0.1, -0.05) is 13.8 Å². The highest BCUT2D eigenvalue weighted by Gasteiger charge is 2.22. The number of aromatic nitrogens is 1. The molecule has 1 heterocycles. The van der Waals surface area contributed by atoms with Crippen LogP contribution in [-0.4, -0.2) is 22.4 Å². The average Bonchev–Trinajstić information content (AvgIpc) is 2.84. The number of carbonyl (C=O) groups excluding carboxylic acids is 2. The van der Waals surface area contributed by atoms with Gasteiger partial charge in [-0.25, -0.2) is 0 Å². The molecule has 0 bridgehead atoms. The summed E-state index contributed by atoms with van der Waals surface area (Å²) in [6.45, 7) is 9.34. The number of nitrogens with zero attached hydrogens (tertiary/aromatic N) is 1. The van der Waals surface area contributed by atoms with E-state index >= 15 is 0 Å². The number of nitrogens with one attached hydrogen (secondary N) is 2. The SMILES string of the molecule is CC(=O)N[C@@H](C(=O)Nc1ccc(-n2c(C)ccc2C)cc1)C(C)C. The van der Waals surface area contributed by atoms with Crippen LogP contribution in [0.1, 0.15) is 32.2 Å². The van der Waals surface area contributed by atoms with Crippen LogP contribution in [0.15, 0.2) is 36.4 Å². The molecule has 2 amide bonds. The maximum absolute atomic E-state index is 12.4. The normalized spacial score (nSPS) is 12.1. The monoisotopic (exact) mass is 327 g/mol. The Morgan fingerprint density at radius 3 is 1.96 bits per heavy atom. The molecule has 1 aromatic carbocycles. The molecule has 0 fully saturated rings.